The van der Waals surface area contributed by atoms with E-state index in [2.05, 4.69) is 50.4 Å². The SMILES string of the molecule is Cc1onc(-c2ccccc2)c1-c1nnc2c3ccc(N4CCN(C)CC4)cc3cnn12. The molecule has 5 aromatic rings. The molecule has 0 saturated carbocycles. The maximum Gasteiger partial charge on any atom is 0.191 e. The van der Waals surface area contributed by atoms with Crippen molar-refractivity contribution >= 4 is 22.1 Å². The second-order valence-corrected chi connectivity index (χ2v) is 8.29. The fraction of sp³-hybridized carbons (Fsp3) is 0.250. The zero-order valence-corrected chi connectivity index (χ0v) is 18.1. The molecule has 0 bridgehead atoms. The third-order valence-corrected chi connectivity index (χ3v) is 6.23. The van der Waals surface area contributed by atoms with E-state index in [1.807, 2.05) is 43.5 Å². The van der Waals surface area contributed by atoms with Crippen LogP contribution in [0.1, 0.15) is 5.76 Å². The first-order valence-corrected chi connectivity index (χ1v) is 10.8. The average molecular weight is 425 g/mol. The molecule has 1 aliphatic heterocycles. The van der Waals surface area contributed by atoms with E-state index in [-0.39, 0.29) is 0 Å². The van der Waals surface area contributed by atoms with Gasteiger partial charge in [0.2, 0.25) is 0 Å². The molecule has 160 valence electrons. The number of aromatic nitrogens is 5. The molecular weight excluding hydrogens is 402 g/mol. The zero-order chi connectivity index (χ0) is 21.7. The Morgan fingerprint density at radius 2 is 1.75 bits per heavy atom. The second kappa shape index (κ2) is 7.42. The predicted molar refractivity (Wildman–Crippen MR) is 124 cm³/mol. The fourth-order valence-electron chi connectivity index (χ4n) is 4.38. The van der Waals surface area contributed by atoms with Crippen LogP contribution in [0.4, 0.5) is 5.69 Å². The topological polar surface area (TPSA) is 75.6 Å². The lowest BCUT2D eigenvalue weighted by molar-refractivity contribution is 0.313. The summed E-state index contributed by atoms with van der Waals surface area (Å²) in [6, 6.07) is 16.4. The Morgan fingerprint density at radius 1 is 0.938 bits per heavy atom. The highest BCUT2D eigenvalue weighted by Crippen LogP contribution is 2.34. The van der Waals surface area contributed by atoms with E-state index >= 15 is 0 Å². The van der Waals surface area contributed by atoms with Crippen molar-refractivity contribution in [3.05, 3.63) is 60.5 Å². The van der Waals surface area contributed by atoms with Crippen LogP contribution in [0, 0.1) is 6.92 Å². The lowest BCUT2D eigenvalue weighted by atomic mass is 10.1. The van der Waals surface area contributed by atoms with E-state index in [4.69, 9.17) is 9.62 Å². The normalized spacial score (nSPS) is 15.1. The van der Waals surface area contributed by atoms with Crippen LogP contribution in [0.2, 0.25) is 0 Å². The van der Waals surface area contributed by atoms with Gasteiger partial charge < -0.3 is 14.3 Å². The molecule has 0 spiro atoms. The number of hydrogen-bond donors (Lipinski definition) is 0. The van der Waals surface area contributed by atoms with Crippen LogP contribution in [0.15, 0.2) is 59.3 Å². The Morgan fingerprint density at radius 3 is 2.56 bits per heavy atom. The maximum atomic E-state index is 5.53. The van der Waals surface area contributed by atoms with Crippen molar-refractivity contribution in [2.24, 2.45) is 0 Å². The Bertz CT molecular complexity index is 1410. The first-order chi connectivity index (χ1) is 15.7. The van der Waals surface area contributed by atoms with E-state index in [1.54, 1.807) is 4.52 Å². The Labute approximate surface area is 185 Å². The lowest BCUT2D eigenvalue weighted by Gasteiger charge is -2.34. The van der Waals surface area contributed by atoms with E-state index < -0.39 is 0 Å². The summed E-state index contributed by atoms with van der Waals surface area (Å²) in [5.41, 5.74) is 4.46. The van der Waals surface area contributed by atoms with Crippen molar-refractivity contribution in [1.29, 1.82) is 0 Å². The van der Waals surface area contributed by atoms with E-state index in [0.29, 0.717) is 11.6 Å². The van der Waals surface area contributed by atoms with Crippen LogP contribution in [-0.4, -0.2) is 63.1 Å². The molecule has 4 heterocycles. The number of benzene rings is 2. The van der Waals surface area contributed by atoms with Crippen molar-refractivity contribution in [3.63, 3.8) is 0 Å². The Balaban J connectivity index is 1.45. The number of anilines is 1. The molecule has 0 aliphatic carbocycles. The summed E-state index contributed by atoms with van der Waals surface area (Å²) in [6.07, 6.45) is 1.89. The molecule has 8 nitrogen and oxygen atoms in total. The quantitative estimate of drug-likeness (QED) is 0.437. The van der Waals surface area contributed by atoms with Gasteiger partial charge in [-0.15, -0.1) is 10.2 Å². The van der Waals surface area contributed by atoms with E-state index in [0.717, 1.165) is 59.4 Å². The molecule has 3 aromatic heterocycles. The number of aryl methyl sites for hydroxylation is 1. The van der Waals surface area contributed by atoms with Crippen molar-refractivity contribution < 1.29 is 4.52 Å². The highest BCUT2D eigenvalue weighted by Gasteiger charge is 2.23. The summed E-state index contributed by atoms with van der Waals surface area (Å²) >= 11 is 0. The minimum atomic E-state index is 0.627. The van der Waals surface area contributed by atoms with Crippen LogP contribution in [0.5, 0.6) is 0 Å². The number of rotatable bonds is 3. The van der Waals surface area contributed by atoms with E-state index in [1.165, 1.54) is 5.69 Å². The molecule has 0 atom stereocenters. The molecular formula is C24H23N7O. The molecule has 0 N–H and O–H groups in total. The molecule has 1 fully saturated rings. The number of hydrogen-bond acceptors (Lipinski definition) is 7. The van der Waals surface area contributed by atoms with Crippen LogP contribution < -0.4 is 4.90 Å². The summed E-state index contributed by atoms with van der Waals surface area (Å²) in [7, 11) is 2.17. The van der Waals surface area contributed by atoms with Crippen molar-refractivity contribution in [1.82, 2.24) is 29.9 Å². The summed E-state index contributed by atoms with van der Waals surface area (Å²) in [4.78, 5) is 4.78. The third-order valence-electron chi connectivity index (χ3n) is 6.23. The van der Waals surface area contributed by atoms with Gasteiger partial charge in [-0.2, -0.15) is 9.61 Å². The van der Waals surface area contributed by atoms with Gasteiger partial charge in [0.15, 0.2) is 11.5 Å². The van der Waals surface area contributed by atoms with Crippen LogP contribution in [0.3, 0.4) is 0 Å². The van der Waals surface area contributed by atoms with Gasteiger partial charge in [0.05, 0.1) is 11.8 Å². The van der Waals surface area contributed by atoms with Gasteiger partial charge in [-0.3, -0.25) is 0 Å². The summed E-state index contributed by atoms with van der Waals surface area (Å²) in [5.74, 6) is 1.31. The third kappa shape index (κ3) is 3.03. The lowest BCUT2D eigenvalue weighted by Crippen LogP contribution is -2.44. The maximum absolute atomic E-state index is 5.53. The number of nitrogens with zero attached hydrogens (tertiary/aromatic N) is 7. The standard InChI is InChI=1S/C24H23N7O/c1-16-21(22(28-32-16)17-6-4-3-5-7-17)24-27-26-23-20-9-8-19(14-18(20)15-25-31(23)24)30-12-10-29(2)11-13-30/h3-9,14-15H,10-13H2,1-2H3. The van der Waals surface area contributed by atoms with Crippen LogP contribution in [0.25, 0.3) is 39.1 Å². The van der Waals surface area contributed by atoms with Gasteiger partial charge in [0.25, 0.3) is 0 Å². The van der Waals surface area contributed by atoms with Crippen molar-refractivity contribution in [2.45, 2.75) is 6.92 Å². The summed E-state index contributed by atoms with van der Waals surface area (Å²) < 4.78 is 7.31. The Hall–Kier alpha value is -3.78. The largest absolute Gasteiger partial charge is 0.369 e. The molecule has 2 aromatic carbocycles. The summed E-state index contributed by atoms with van der Waals surface area (Å²) in [6.45, 7) is 6.10. The van der Waals surface area contributed by atoms with Gasteiger partial charge in [0, 0.05) is 48.2 Å². The van der Waals surface area contributed by atoms with Gasteiger partial charge >= 0.3 is 0 Å². The average Bonchev–Trinajstić information content (AvgIpc) is 3.43. The highest BCUT2D eigenvalue weighted by molar-refractivity contribution is 5.96. The molecule has 0 radical (unpaired) electrons. The monoisotopic (exact) mass is 425 g/mol. The van der Waals surface area contributed by atoms with Crippen molar-refractivity contribution in [3.8, 4) is 22.6 Å². The first-order valence-electron chi connectivity index (χ1n) is 10.8. The minimum absolute atomic E-state index is 0.627. The Kier molecular flexibility index (Phi) is 4.39. The molecule has 32 heavy (non-hydrogen) atoms. The molecule has 0 amide bonds. The van der Waals surface area contributed by atoms with Crippen LogP contribution in [-0.2, 0) is 0 Å². The van der Waals surface area contributed by atoms with Gasteiger partial charge in [-0.05, 0) is 32.2 Å². The summed E-state index contributed by atoms with van der Waals surface area (Å²) in [5, 5.41) is 20.0. The highest BCUT2D eigenvalue weighted by atomic mass is 16.5. The smallest absolute Gasteiger partial charge is 0.191 e. The molecule has 1 saturated heterocycles. The first kappa shape index (κ1) is 18.9. The fourth-order valence-corrected chi connectivity index (χ4v) is 4.38. The molecule has 1 aliphatic rings. The number of fused-ring (bicyclic) bond motifs is 3. The van der Waals surface area contributed by atoms with Crippen molar-refractivity contribution in [2.75, 3.05) is 38.1 Å². The predicted octanol–water partition coefficient (Wildman–Crippen LogP) is 3.66. The van der Waals surface area contributed by atoms with Gasteiger partial charge in [0.1, 0.15) is 11.5 Å². The minimum Gasteiger partial charge on any atom is -0.369 e. The molecule has 8 heteroatoms. The molecule has 6 rings (SSSR count). The number of likely N-dealkylation sites (N-methyl/N-ethyl adjacent to an activating group) is 1. The second-order valence-electron chi connectivity index (χ2n) is 8.29. The molecule has 0 unspecified atom stereocenters. The van der Waals surface area contributed by atoms with Crippen LogP contribution >= 0.6 is 0 Å². The van der Waals surface area contributed by atoms with E-state index in [9.17, 15) is 0 Å². The van der Waals surface area contributed by atoms with Gasteiger partial charge in [-0.1, -0.05) is 35.5 Å². The number of piperazine rings is 1. The van der Waals surface area contributed by atoms with Gasteiger partial charge in [-0.25, -0.2) is 0 Å². The zero-order valence-electron chi connectivity index (χ0n) is 18.1.